The number of ether oxygens (including phenoxy) is 2. The van der Waals surface area contributed by atoms with Crippen molar-refractivity contribution < 1.29 is 19.1 Å². The molecule has 3 aliphatic heterocycles. The van der Waals surface area contributed by atoms with E-state index in [1.807, 2.05) is 6.21 Å². The molecule has 0 aromatic rings. The van der Waals surface area contributed by atoms with E-state index in [9.17, 15) is 9.59 Å². The number of unbranched alkanes of at least 4 members (excludes halogenated alkanes) is 1. The third-order valence-corrected chi connectivity index (χ3v) is 10.8. The highest BCUT2D eigenvalue weighted by molar-refractivity contribution is 6.00. The Morgan fingerprint density at radius 2 is 1.90 bits per heavy atom. The van der Waals surface area contributed by atoms with E-state index in [0.717, 1.165) is 98.5 Å². The number of cyclic esters (lactones) is 2. The van der Waals surface area contributed by atoms with Crippen LogP contribution in [0.15, 0.2) is 62.6 Å². The molecule has 0 radical (unpaired) electrons. The Balaban J connectivity index is 1.33. The maximum absolute atomic E-state index is 13.8. The fraction of sp³-hybridized carbons (Fsp3) is 0.618. The lowest BCUT2D eigenvalue weighted by atomic mass is 9.44. The van der Waals surface area contributed by atoms with Gasteiger partial charge in [-0.15, -0.1) is 0 Å². The summed E-state index contributed by atoms with van der Waals surface area (Å²) in [6.07, 6.45) is 23.8. The number of nitrogens with zero attached hydrogens (tertiary/aromatic N) is 1. The first-order valence-corrected chi connectivity index (χ1v) is 15.6. The van der Waals surface area contributed by atoms with Crippen molar-refractivity contribution >= 4 is 18.2 Å². The second-order valence-corrected chi connectivity index (χ2v) is 12.8. The molecule has 5 aliphatic carbocycles. The van der Waals surface area contributed by atoms with Crippen molar-refractivity contribution in [2.24, 2.45) is 34.1 Å². The third-order valence-electron chi connectivity index (χ3n) is 10.8. The highest BCUT2D eigenvalue weighted by Gasteiger charge is 2.68. The van der Waals surface area contributed by atoms with E-state index >= 15 is 0 Å². The molecule has 5 heteroatoms. The summed E-state index contributed by atoms with van der Waals surface area (Å²) < 4.78 is 12.2. The molecule has 3 heterocycles. The first-order valence-electron chi connectivity index (χ1n) is 15.6. The molecule has 5 nitrogen and oxygen atoms in total. The monoisotopic (exact) mass is 527 g/mol. The quantitative estimate of drug-likeness (QED) is 0.322. The molecule has 39 heavy (non-hydrogen) atoms. The van der Waals surface area contributed by atoms with Crippen molar-refractivity contribution in [2.75, 3.05) is 6.54 Å². The second kappa shape index (κ2) is 10.1. The van der Waals surface area contributed by atoms with Crippen LogP contribution >= 0.6 is 0 Å². The Hall–Kier alpha value is -2.69. The van der Waals surface area contributed by atoms with Crippen LogP contribution in [-0.2, 0) is 19.1 Å². The third kappa shape index (κ3) is 3.97. The van der Waals surface area contributed by atoms with Crippen LogP contribution < -0.4 is 0 Å². The number of allylic oxidation sites excluding steroid dienone is 6. The van der Waals surface area contributed by atoms with E-state index in [1.165, 1.54) is 43.3 Å². The van der Waals surface area contributed by atoms with Crippen molar-refractivity contribution in [3.8, 4) is 0 Å². The molecule has 1 saturated heterocycles. The molecule has 0 aromatic carbocycles. The Bertz CT molecular complexity index is 1270. The molecule has 0 unspecified atom stereocenters. The van der Waals surface area contributed by atoms with E-state index in [-0.39, 0.29) is 17.9 Å². The van der Waals surface area contributed by atoms with Crippen molar-refractivity contribution in [2.45, 2.75) is 96.8 Å². The van der Waals surface area contributed by atoms with Gasteiger partial charge in [-0.2, -0.15) is 0 Å². The largest absolute Gasteiger partial charge is 0.427 e. The molecule has 3 fully saturated rings. The zero-order valence-corrected chi connectivity index (χ0v) is 23.3. The van der Waals surface area contributed by atoms with Crippen LogP contribution in [-0.4, -0.2) is 24.7 Å². The first-order chi connectivity index (χ1) is 19.1. The second-order valence-electron chi connectivity index (χ2n) is 12.8. The van der Waals surface area contributed by atoms with Gasteiger partial charge in [0.1, 0.15) is 11.5 Å². The Morgan fingerprint density at radius 3 is 2.69 bits per heavy atom. The smallest absolute Gasteiger partial charge is 0.340 e. The van der Waals surface area contributed by atoms with Gasteiger partial charge in [0.05, 0.1) is 17.5 Å². The predicted octanol–water partition coefficient (Wildman–Crippen LogP) is 7.46. The first kappa shape index (κ1) is 25.3. The Morgan fingerprint density at radius 1 is 1.03 bits per heavy atom. The number of carbonyl (C=O) groups is 2. The van der Waals surface area contributed by atoms with Gasteiger partial charge in [0, 0.05) is 23.3 Å². The fourth-order valence-electron chi connectivity index (χ4n) is 9.21. The molecule has 0 N–H and O–H groups in total. The van der Waals surface area contributed by atoms with E-state index in [0.29, 0.717) is 11.8 Å². The summed E-state index contributed by atoms with van der Waals surface area (Å²) in [5.74, 6) is 2.65. The molecule has 206 valence electrons. The maximum atomic E-state index is 13.8. The van der Waals surface area contributed by atoms with Crippen LogP contribution in [0.2, 0.25) is 0 Å². The number of fused-ring (bicyclic) bond motifs is 1. The van der Waals surface area contributed by atoms with Crippen LogP contribution in [0.25, 0.3) is 0 Å². The van der Waals surface area contributed by atoms with Gasteiger partial charge < -0.3 is 9.47 Å². The standard InChI is InChI=1S/C34H41NO4/c1-2-3-11-27-25-14-13-24-23-15-17-34(30(24)29(25)32(36)38-27)28(12-7-10-21-8-5-4-6-9-21)39-33(37)31(34)26(23)19-22-16-18-35-20-22/h11-12,16,20-21,23-24,30H,2-10,13-15,17-19H2,1H3/b27-11-,28-12-/t23-,24-,30+,34-/m0/s1. The molecule has 2 saturated carbocycles. The van der Waals surface area contributed by atoms with Crippen LogP contribution in [0.3, 0.4) is 0 Å². The number of aliphatic imine (C=N–C) groups is 1. The van der Waals surface area contributed by atoms with Crippen LogP contribution in [0.1, 0.15) is 96.8 Å². The number of carbonyl (C=O) groups excluding carboxylic acids is 2. The van der Waals surface area contributed by atoms with Gasteiger partial charge in [0.25, 0.3) is 0 Å². The van der Waals surface area contributed by atoms with Crippen LogP contribution in [0.4, 0.5) is 0 Å². The summed E-state index contributed by atoms with van der Waals surface area (Å²) in [5.41, 5.74) is 4.77. The van der Waals surface area contributed by atoms with Gasteiger partial charge in [-0.25, -0.2) is 9.59 Å². The van der Waals surface area contributed by atoms with E-state index < -0.39 is 5.41 Å². The van der Waals surface area contributed by atoms with Crippen molar-refractivity contribution in [3.05, 3.63) is 57.6 Å². The van der Waals surface area contributed by atoms with Crippen molar-refractivity contribution in [1.29, 1.82) is 0 Å². The number of rotatable bonds is 7. The Kier molecular flexibility index (Phi) is 6.52. The zero-order valence-electron chi connectivity index (χ0n) is 23.3. The fourth-order valence-corrected chi connectivity index (χ4v) is 9.21. The lowest BCUT2D eigenvalue weighted by molar-refractivity contribution is -0.135. The molecule has 8 aliphatic rings. The van der Waals surface area contributed by atoms with Gasteiger partial charge in [-0.1, -0.05) is 57.1 Å². The summed E-state index contributed by atoms with van der Waals surface area (Å²) in [7, 11) is 0. The van der Waals surface area contributed by atoms with E-state index in [2.05, 4.69) is 30.1 Å². The lowest BCUT2D eigenvalue weighted by Crippen LogP contribution is -2.52. The number of esters is 2. The minimum atomic E-state index is -0.533. The lowest BCUT2D eigenvalue weighted by Gasteiger charge is -2.56. The molecule has 4 atom stereocenters. The van der Waals surface area contributed by atoms with Gasteiger partial charge in [0.2, 0.25) is 0 Å². The highest BCUT2D eigenvalue weighted by Crippen LogP contribution is 2.70. The normalized spacial score (nSPS) is 35.5. The minimum absolute atomic E-state index is 0.0302. The zero-order chi connectivity index (χ0) is 26.6. The van der Waals surface area contributed by atoms with Gasteiger partial charge in [0.15, 0.2) is 0 Å². The van der Waals surface area contributed by atoms with Crippen molar-refractivity contribution in [3.63, 3.8) is 0 Å². The number of hydrogen-bond donors (Lipinski definition) is 0. The van der Waals surface area contributed by atoms with Gasteiger partial charge in [-0.3, -0.25) is 4.99 Å². The van der Waals surface area contributed by atoms with Gasteiger partial charge in [-0.05, 0) is 86.8 Å². The molecular formula is C34H41NO4. The van der Waals surface area contributed by atoms with E-state index in [4.69, 9.17) is 9.47 Å². The summed E-state index contributed by atoms with van der Waals surface area (Å²) >= 11 is 0. The summed E-state index contributed by atoms with van der Waals surface area (Å²) in [6, 6.07) is 0. The molecule has 0 amide bonds. The maximum Gasteiger partial charge on any atom is 0.340 e. The summed E-state index contributed by atoms with van der Waals surface area (Å²) in [4.78, 5) is 31.8. The van der Waals surface area contributed by atoms with Crippen LogP contribution in [0.5, 0.6) is 0 Å². The number of hydrogen-bond acceptors (Lipinski definition) is 5. The van der Waals surface area contributed by atoms with E-state index in [1.54, 1.807) is 0 Å². The van der Waals surface area contributed by atoms with Gasteiger partial charge >= 0.3 is 11.9 Å². The summed E-state index contributed by atoms with van der Waals surface area (Å²) in [6.45, 7) is 2.87. The molecule has 1 spiro atoms. The average molecular weight is 528 g/mol. The Labute approximate surface area is 232 Å². The average Bonchev–Trinajstić information content (AvgIpc) is 3.66. The topological polar surface area (TPSA) is 65.0 Å². The minimum Gasteiger partial charge on any atom is -0.427 e. The molecular weight excluding hydrogens is 486 g/mol. The molecule has 0 aromatic heterocycles. The molecule has 8 rings (SSSR count). The SMILES string of the molecule is CCC/C=C1\OC(=O)C2=C1CC[C@H]1[C@@H]3CC[C@@]4(C(=C3CC3=CCN=C3)C(=O)O/C4=C\CCC3CCCCC3)[C@@H]21. The van der Waals surface area contributed by atoms with Crippen LogP contribution in [0, 0.1) is 29.1 Å². The highest BCUT2D eigenvalue weighted by atomic mass is 16.5. The van der Waals surface area contributed by atoms with Crippen molar-refractivity contribution in [1.82, 2.24) is 0 Å². The predicted molar refractivity (Wildman–Crippen MR) is 151 cm³/mol. The summed E-state index contributed by atoms with van der Waals surface area (Å²) in [5, 5.41) is 0. The molecule has 2 bridgehead atoms.